The summed E-state index contributed by atoms with van der Waals surface area (Å²) in [5.74, 6) is 1.45. The predicted molar refractivity (Wildman–Crippen MR) is 126 cm³/mol. The van der Waals surface area contributed by atoms with Gasteiger partial charge in [-0.3, -0.25) is 15.4 Å². The molecule has 3 amide bonds. The van der Waals surface area contributed by atoms with Gasteiger partial charge in [0.05, 0.1) is 11.6 Å². The largest absolute Gasteiger partial charge is 0.454 e. The van der Waals surface area contributed by atoms with E-state index in [1.807, 2.05) is 44.2 Å². The van der Waals surface area contributed by atoms with Gasteiger partial charge in [0.1, 0.15) is 5.82 Å². The van der Waals surface area contributed by atoms with E-state index in [2.05, 4.69) is 21.3 Å². The Morgan fingerprint density at radius 3 is 2.68 bits per heavy atom. The molecule has 0 aliphatic carbocycles. The van der Waals surface area contributed by atoms with Crippen LogP contribution >= 0.6 is 0 Å². The second-order valence-electron chi connectivity index (χ2n) is 8.25. The van der Waals surface area contributed by atoms with Crippen molar-refractivity contribution in [3.63, 3.8) is 0 Å². The van der Waals surface area contributed by atoms with Crippen LogP contribution in [0, 0.1) is 5.92 Å². The number of hydrogen-bond donors (Lipinski definition) is 4. The molecule has 1 aromatic heterocycles. The van der Waals surface area contributed by atoms with Gasteiger partial charge in [-0.15, -0.1) is 0 Å². The lowest BCUT2D eigenvalue weighted by Gasteiger charge is -2.35. The molecule has 2 aromatic carbocycles. The number of hydrogen-bond acceptors (Lipinski definition) is 6. The Balaban J connectivity index is 1.40. The quantitative estimate of drug-likeness (QED) is 0.461. The summed E-state index contributed by atoms with van der Waals surface area (Å²) in [6.07, 6.45) is 0.119. The molecule has 176 valence electrons. The lowest BCUT2D eigenvalue weighted by Crippen LogP contribution is -2.57. The molecule has 0 saturated carbocycles. The zero-order valence-electron chi connectivity index (χ0n) is 18.9. The van der Waals surface area contributed by atoms with Gasteiger partial charge in [-0.05, 0) is 25.5 Å². The van der Waals surface area contributed by atoms with E-state index in [-0.39, 0.29) is 24.7 Å². The van der Waals surface area contributed by atoms with Gasteiger partial charge >= 0.3 is 6.03 Å². The van der Waals surface area contributed by atoms with Crippen LogP contribution in [0.5, 0.6) is 11.5 Å². The summed E-state index contributed by atoms with van der Waals surface area (Å²) in [5.41, 5.74) is 2.11. The number of nitrogens with zero attached hydrogens (tertiary/aromatic N) is 2. The van der Waals surface area contributed by atoms with Crippen molar-refractivity contribution in [2.24, 2.45) is 5.92 Å². The summed E-state index contributed by atoms with van der Waals surface area (Å²) >= 11 is 0. The number of fused-ring (bicyclic) bond motifs is 1. The lowest BCUT2D eigenvalue weighted by molar-refractivity contribution is -0.130. The summed E-state index contributed by atoms with van der Waals surface area (Å²) in [5, 5.41) is 16.7. The van der Waals surface area contributed by atoms with Gasteiger partial charge < -0.3 is 20.1 Å². The maximum Gasteiger partial charge on any atom is 0.324 e. The van der Waals surface area contributed by atoms with Crippen LogP contribution < -0.4 is 30.7 Å². The van der Waals surface area contributed by atoms with Crippen LogP contribution in [-0.4, -0.2) is 34.6 Å². The van der Waals surface area contributed by atoms with Crippen LogP contribution in [0.25, 0.3) is 11.3 Å². The molecule has 5 rings (SSSR count). The van der Waals surface area contributed by atoms with Crippen molar-refractivity contribution in [2.45, 2.75) is 32.6 Å². The number of amides is 3. The highest BCUT2D eigenvalue weighted by atomic mass is 16.7. The number of carbonyl (C=O) groups is 2. The molecule has 3 aromatic rings. The average Bonchev–Trinajstić information content (AvgIpc) is 3.46. The van der Waals surface area contributed by atoms with Gasteiger partial charge in [-0.25, -0.2) is 9.48 Å². The first-order chi connectivity index (χ1) is 16.5. The lowest BCUT2D eigenvalue weighted by atomic mass is 9.95. The third kappa shape index (κ3) is 4.27. The summed E-state index contributed by atoms with van der Waals surface area (Å²) < 4.78 is 12.3. The molecule has 34 heavy (non-hydrogen) atoms. The molecular weight excluding hydrogens is 436 g/mol. The normalized spacial score (nSPS) is 21.1. The summed E-state index contributed by atoms with van der Waals surface area (Å²) in [6, 6.07) is 16.1. The fourth-order valence-electron chi connectivity index (χ4n) is 4.23. The molecule has 0 bridgehead atoms. The first kappa shape index (κ1) is 21.8. The topological polar surface area (TPSA) is 119 Å². The van der Waals surface area contributed by atoms with E-state index in [1.54, 1.807) is 28.9 Å². The van der Waals surface area contributed by atoms with Crippen molar-refractivity contribution >= 4 is 23.4 Å². The Morgan fingerprint density at radius 1 is 1.12 bits per heavy atom. The number of carbonyl (C=O) groups excluding carboxylic acids is 2. The van der Waals surface area contributed by atoms with Crippen LogP contribution in [0.3, 0.4) is 0 Å². The van der Waals surface area contributed by atoms with Gasteiger partial charge in [0, 0.05) is 29.4 Å². The van der Waals surface area contributed by atoms with E-state index in [1.165, 1.54) is 0 Å². The summed E-state index contributed by atoms with van der Waals surface area (Å²) in [7, 11) is 0. The summed E-state index contributed by atoms with van der Waals surface area (Å²) in [6.45, 7) is 4.11. The zero-order chi connectivity index (χ0) is 23.7. The molecule has 10 nitrogen and oxygen atoms in total. The Labute approximate surface area is 196 Å². The Morgan fingerprint density at radius 2 is 1.91 bits per heavy atom. The number of ether oxygens (including phenoxy) is 2. The molecule has 3 unspecified atom stereocenters. The number of urea groups is 1. The minimum Gasteiger partial charge on any atom is -0.454 e. The SMILES string of the molecule is CCC1C(=O)NC(n2nc(-c3ccccc3)cc2NC(=O)Nc2ccc3c(c2)OCO3)NC1C. The van der Waals surface area contributed by atoms with E-state index < -0.39 is 12.3 Å². The standard InChI is InChI=1S/C24H26N6O4/c1-3-17-14(2)25-23(28-22(17)31)30-21(12-18(29-30)15-7-5-4-6-8-15)27-24(32)26-16-9-10-19-20(11-16)34-13-33-19/h4-12,14,17,23,25H,3,13H2,1-2H3,(H,28,31)(H2,26,27,32). The highest BCUT2D eigenvalue weighted by molar-refractivity contribution is 5.99. The maximum atomic E-state index is 12.8. The molecule has 3 heterocycles. The van der Waals surface area contributed by atoms with Gasteiger partial charge in [0.2, 0.25) is 12.7 Å². The number of rotatable bonds is 5. The minimum absolute atomic E-state index is 0.0497. The van der Waals surface area contributed by atoms with Crippen molar-refractivity contribution in [3.05, 3.63) is 54.6 Å². The zero-order valence-corrected chi connectivity index (χ0v) is 18.9. The van der Waals surface area contributed by atoms with Crippen molar-refractivity contribution in [3.8, 4) is 22.8 Å². The van der Waals surface area contributed by atoms with Crippen molar-refractivity contribution < 1.29 is 19.1 Å². The number of aromatic nitrogens is 2. The third-order valence-electron chi connectivity index (χ3n) is 6.00. The maximum absolute atomic E-state index is 12.8. The molecule has 3 atom stereocenters. The molecule has 2 aliphatic rings. The average molecular weight is 463 g/mol. The number of nitrogens with one attached hydrogen (secondary N) is 4. The Kier molecular flexibility index (Phi) is 5.81. The van der Waals surface area contributed by atoms with Crippen LogP contribution in [0.2, 0.25) is 0 Å². The van der Waals surface area contributed by atoms with Crippen molar-refractivity contribution in [1.29, 1.82) is 0 Å². The Hall–Kier alpha value is -4.05. The molecule has 10 heteroatoms. The Bertz CT molecular complexity index is 1210. The highest BCUT2D eigenvalue weighted by Gasteiger charge is 2.34. The van der Waals surface area contributed by atoms with E-state index >= 15 is 0 Å². The first-order valence-corrected chi connectivity index (χ1v) is 11.2. The third-order valence-corrected chi connectivity index (χ3v) is 6.00. The van der Waals surface area contributed by atoms with Gasteiger partial charge in [0.15, 0.2) is 17.8 Å². The molecular formula is C24H26N6O4. The molecule has 1 fully saturated rings. The molecule has 0 spiro atoms. The second kappa shape index (κ2) is 9.06. The fourth-order valence-corrected chi connectivity index (χ4v) is 4.23. The summed E-state index contributed by atoms with van der Waals surface area (Å²) in [4.78, 5) is 25.5. The van der Waals surface area contributed by atoms with Crippen molar-refractivity contribution in [1.82, 2.24) is 20.4 Å². The fraction of sp³-hybridized carbons (Fsp3) is 0.292. The first-order valence-electron chi connectivity index (χ1n) is 11.2. The molecule has 2 aliphatic heterocycles. The van der Waals surface area contributed by atoms with Gasteiger partial charge in [0.25, 0.3) is 0 Å². The van der Waals surface area contributed by atoms with Crippen LogP contribution in [0.15, 0.2) is 54.6 Å². The number of anilines is 2. The molecule has 4 N–H and O–H groups in total. The van der Waals surface area contributed by atoms with Crippen LogP contribution in [-0.2, 0) is 4.79 Å². The number of benzene rings is 2. The van der Waals surface area contributed by atoms with E-state index in [0.717, 1.165) is 12.0 Å². The van der Waals surface area contributed by atoms with E-state index in [4.69, 9.17) is 14.6 Å². The molecule has 1 saturated heterocycles. The van der Waals surface area contributed by atoms with Crippen LogP contribution in [0.1, 0.15) is 26.6 Å². The second-order valence-corrected chi connectivity index (χ2v) is 8.25. The van der Waals surface area contributed by atoms with E-state index in [9.17, 15) is 9.59 Å². The molecule has 0 radical (unpaired) electrons. The van der Waals surface area contributed by atoms with E-state index in [0.29, 0.717) is 28.7 Å². The minimum atomic E-state index is -0.608. The van der Waals surface area contributed by atoms with Crippen LogP contribution in [0.4, 0.5) is 16.3 Å². The monoisotopic (exact) mass is 462 g/mol. The van der Waals surface area contributed by atoms with Crippen molar-refractivity contribution in [2.75, 3.05) is 17.4 Å². The smallest absolute Gasteiger partial charge is 0.324 e. The predicted octanol–water partition coefficient (Wildman–Crippen LogP) is 3.51. The highest BCUT2D eigenvalue weighted by Crippen LogP contribution is 2.34. The van der Waals surface area contributed by atoms with Gasteiger partial charge in [-0.2, -0.15) is 5.10 Å². The van der Waals surface area contributed by atoms with Gasteiger partial charge in [-0.1, -0.05) is 37.3 Å².